The third-order valence-corrected chi connectivity index (χ3v) is 9.28. The third kappa shape index (κ3) is 7.47. The van der Waals surface area contributed by atoms with Gasteiger partial charge in [0.2, 0.25) is 11.8 Å². The second kappa shape index (κ2) is 13.8. The van der Waals surface area contributed by atoms with Crippen LogP contribution in [0.5, 0.6) is 5.75 Å². The minimum atomic E-state index is -4.20. The summed E-state index contributed by atoms with van der Waals surface area (Å²) in [6.45, 7) is 4.91. The number of amides is 2. The Morgan fingerprint density at radius 2 is 1.64 bits per heavy atom. The number of nitrogens with one attached hydrogen (secondary N) is 1. The average molecular weight is 596 g/mol. The number of sulfonamides is 1. The molecule has 0 spiro atoms. The van der Waals surface area contributed by atoms with Crippen molar-refractivity contribution in [3.05, 3.63) is 89.7 Å². The smallest absolute Gasteiger partial charge is 0.264 e. The number of anilines is 1. The van der Waals surface area contributed by atoms with E-state index in [2.05, 4.69) is 5.32 Å². The fourth-order valence-electron chi connectivity index (χ4n) is 5.03. The highest BCUT2D eigenvalue weighted by molar-refractivity contribution is 7.92. The quantitative estimate of drug-likeness (QED) is 0.310. The Morgan fingerprint density at radius 1 is 1.00 bits per heavy atom. The molecule has 3 aromatic carbocycles. The van der Waals surface area contributed by atoms with Crippen molar-refractivity contribution in [1.29, 1.82) is 0 Å². The lowest BCUT2D eigenvalue weighted by molar-refractivity contribution is -0.139. The van der Waals surface area contributed by atoms with E-state index in [1.807, 2.05) is 13.8 Å². The molecule has 42 heavy (non-hydrogen) atoms. The van der Waals surface area contributed by atoms with Gasteiger partial charge < -0.3 is 15.0 Å². The highest BCUT2D eigenvalue weighted by Gasteiger charge is 2.33. The standard InChI is InChI=1S/C32H38FN3O5S/c1-4-41-28-17-15-27(16-18-28)36(42(39,40)29-19-13-23(2)14-20-29)22-31(37)35(21-25-9-5-8-12-30(25)33)24(3)32(38)34-26-10-6-7-11-26/h5,8-9,12-20,24,26H,4,6-7,10-11,21-22H2,1-3H3,(H,34,38)/t24-/m0/s1. The first-order valence-corrected chi connectivity index (χ1v) is 15.7. The lowest BCUT2D eigenvalue weighted by Gasteiger charge is -2.32. The number of rotatable bonds is 12. The molecule has 0 radical (unpaired) electrons. The van der Waals surface area contributed by atoms with Gasteiger partial charge in [-0.15, -0.1) is 0 Å². The van der Waals surface area contributed by atoms with Crippen LogP contribution >= 0.6 is 0 Å². The summed E-state index contributed by atoms with van der Waals surface area (Å²) in [5.74, 6) is -0.967. The molecule has 2 amide bonds. The molecule has 0 aromatic heterocycles. The lowest BCUT2D eigenvalue weighted by Crippen LogP contribution is -2.52. The molecule has 1 aliphatic carbocycles. The number of carbonyl (C=O) groups is 2. The molecule has 0 saturated heterocycles. The predicted molar refractivity (Wildman–Crippen MR) is 160 cm³/mol. The number of nitrogens with zero attached hydrogens (tertiary/aromatic N) is 2. The Morgan fingerprint density at radius 3 is 2.26 bits per heavy atom. The summed E-state index contributed by atoms with van der Waals surface area (Å²) in [7, 11) is -4.20. The van der Waals surface area contributed by atoms with Gasteiger partial charge in [0.1, 0.15) is 24.2 Å². The summed E-state index contributed by atoms with van der Waals surface area (Å²) < 4.78 is 49.1. The normalized spacial score (nSPS) is 14.3. The van der Waals surface area contributed by atoms with Gasteiger partial charge in [-0.25, -0.2) is 12.8 Å². The van der Waals surface area contributed by atoms with E-state index in [0.717, 1.165) is 35.6 Å². The number of carbonyl (C=O) groups excluding carboxylic acids is 2. The molecule has 4 rings (SSSR count). The fourth-order valence-corrected chi connectivity index (χ4v) is 6.44. The van der Waals surface area contributed by atoms with E-state index in [-0.39, 0.29) is 34.6 Å². The van der Waals surface area contributed by atoms with Crippen molar-refractivity contribution in [3.8, 4) is 5.75 Å². The molecule has 8 nitrogen and oxygen atoms in total. The van der Waals surface area contributed by atoms with Crippen molar-refractivity contribution >= 4 is 27.5 Å². The summed E-state index contributed by atoms with van der Waals surface area (Å²) in [6, 6.07) is 17.8. The second-order valence-corrected chi connectivity index (χ2v) is 12.4. The van der Waals surface area contributed by atoms with Crippen LogP contribution in [0.15, 0.2) is 77.7 Å². The van der Waals surface area contributed by atoms with Crippen LogP contribution in [0.25, 0.3) is 0 Å². The first-order valence-electron chi connectivity index (χ1n) is 14.3. The van der Waals surface area contributed by atoms with Crippen molar-refractivity contribution in [3.63, 3.8) is 0 Å². The molecule has 0 bridgehead atoms. The summed E-state index contributed by atoms with van der Waals surface area (Å²) in [5.41, 5.74) is 1.36. The molecule has 1 saturated carbocycles. The van der Waals surface area contributed by atoms with Crippen LogP contribution in [0.1, 0.15) is 50.7 Å². The summed E-state index contributed by atoms with van der Waals surface area (Å²) in [5, 5.41) is 3.01. The molecule has 1 atom stereocenters. The lowest BCUT2D eigenvalue weighted by atomic mass is 10.1. The Kier molecular flexibility index (Phi) is 10.2. The van der Waals surface area contributed by atoms with Crippen LogP contribution in [0.4, 0.5) is 10.1 Å². The van der Waals surface area contributed by atoms with Crippen LogP contribution < -0.4 is 14.4 Å². The molecule has 0 aliphatic heterocycles. The molecular formula is C32H38FN3O5S. The van der Waals surface area contributed by atoms with Gasteiger partial charge in [-0.1, -0.05) is 48.7 Å². The van der Waals surface area contributed by atoms with Crippen molar-refractivity contribution in [2.75, 3.05) is 17.5 Å². The first kappa shape index (κ1) is 31.0. The maximum atomic E-state index is 14.7. The van der Waals surface area contributed by atoms with Crippen LogP contribution in [-0.2, 0) is 26.2 Å². The van der Waals surface area contributed by atoms with E-state index in [9.17, 15) is 22.4 Å². The van der Waals surface area contributed by atoms with E-state index < -0.39 is 34.3 Å². The monoisotopic (exact) mass is 595 g/mol. The van der Waals surface area contributed by atoms with Gasteiger partial charge in [0.15, 0.2) is 0 Å². The van der Waals surface area contributed by atoms with E-state index in [1.165, 1.54) is 23.1 Å². The number of hydrogen-bond acceptors (Lipinski definition) is 5. The Labute approximate surface area is 247 Å². The number of hydrogen-bond donors (Lipinski definition) is 1. The summed E-state index contributed by atoms with van der Waals surface area (Å²) in [4.78, 5) is 28.6. The van der Waals surface area contributed by atoms with E-state index in [1.54, 1.807) is 61.5 Å². The van der Waals surface area contributed by atoms with Gasteiger partial charge in [-0.3, -0.25) is 13.9 Å². The van der Waals surface area contributed by atoms with Crippen molar-refractivity contribution in [1.82, 2.24) is 10.2 Å². The van der Waals surface area contributed by atoms with Crippen LogP contribution in [-0.4, -0.2) is 50.4 Å². The number of benzene rings is 3. The summed E-state index contributed by atoms with van der Waals surface area (Å²) >= 11 is 0. The second-order valence-electron chi connectivity index (χ2n) is 10.5. The highest BCUT2D eigenvalue weighted by Crippen LogP contribution is 2.27. The van der Waals surface area contributed by atoms with Crippen molar-refractivity contribution in [2.24, 2.45) is 0 Å². The van der Waals surface area contributed by atoms with E-state index in [0.29, 0.717) is 12.4 Å². The number of halogens is 1. The summed E-state index contributed by atoms with van der Waals surface area (Å²) in [6.07, 6.45) is 3.76. The molecule has 224 valence electrons. The molecule has 0 heterocycles. The van der Waals surface area contributed by atoms with Gasteiger partial charge in [0.05, 0.1) is 17.2 Å². The van der Waals surface area contributed by atoms with Gasteiger partial charge in [-0.05, 0) is 76.1 Å². The molecule has 10 heteroatoms. The number of aryl methyl sites for hydroxylation is 1. The minimum Gasteiger partial charge on any atom is -0.494 e. The minimum absolute atomic E-state index is 0.0162. The van der Waals surface area contributed by atoms with Crippen LogP contribution in [0, 0.1) is 12.7 Å². The Bertz CT molecular complexity index is 1470. The molecule has 3 aromatic rings. The van der Waals surface area contributed by atoms with Crippen LogP contribution in [0.2, 0.25) is 0 Å². The maximum absolute atomic E-state index is 14.7. The maximum Gasteiger partial charge on any atom is 0.264 e. The van der Waals surface area contributed by atoms with E-state index in [4.69, 9.17) is 4.74 Å². The molecular weight excluding hydrogens is 557 g/mol. The Balaban J connectivity index is 1.69. The fraction of sp³-hybridized carbons (Fsp3) is 0.375. The molecule has 1 aliphatic rings. The van der Waals surface area contributed by atoms with Gasteiger partial charge >= 0.3 is 0 Å². The largest absolute Gasteiger partial charge is 0.494 e. The van der Waals surface area contributed by atoms with E-state index >= 15 is 0 Å². The van der Waals surface area contributed by atoms with Gasteiger partial charge in [0.25, 0.3) is 10.0 Å². The van der Waals surface area contributed by atoms with Crippen LogP contribution in [0.3, 0.4) is 0 Å². The average Bonchev–Trinajstić information content (AvgIpc) is 3.49. The van der Waals surface area contributed by atoms with Gasteiger partial charge in [-0.2, -0.15) is 0 Å². The first-order chi connectivity index (χ1) is 20.1. The topological polar surface area (TPSA) is 96.0 Å². The zero-order chi connectivity index (χ0) is 30.3. The highest BCUT2D eigenvalue weighted by atomic mass is 32.2. The van der Waals surface area contributed by atoms with Crippen molar-refractivity contribution in [2.45, 2.75) is 70.0 Å². The number of ether oxygens (including phenoxy) is 1. The molecule has 0 unspecified atom stereocenters. The third-order valence-electron chi connectivity index (χ3n) is 7.49. The zero-order valence-electron chi connectivity index (χ0n) is 24.3. The molecule has 1 N–H and O–H groups in total. The SMILES string of the molecule is CCOc1ccc(N(CC(=O)N(Cc2ccccc2F)[C@@H](C)C(=O)NC2CCCC2)S(=O)(=O)c2ccc(C)cc2)cc1. The zero-order valence-corrected chi connectivity index (χ0v) is 25.1. The van der Waals surface area contributed by atoms with Crippen molar-refractivity contribution < 1.29 is 27.1 Å². The Hall–Kier alpha value is -3.92. The van der Waals surface area contributed by atoms with Gasteiger partial charge in [0, 0.05) is 18.2 Å². The predicted octanol–water partition coefficient (Wildman–Crippen LogP) is 5.20. The molecule has 1 fully saturated rings.